The molecule has 0 radical (unpaired) electrons. The first-order valence-electron chi connectivity index (χ1n) is 19.9. The molecule has 5 nitrogen and oxygen atoms in total. The van der Waals surface area contributed by atoms with Gasteiger partial charge >= 0.3 is 0 Å². The molecule has 0 saturated heterocycles. The Morgan fingerprint density at radius 1 is 0.407 bits per heavy atom. The number of hydrogen-bond acceptors (Lipinski definition) is 7. The lowest BCUT2D eigenvalue weighted by Gasteiger charge is -2.36. The van der Waals surface area contributed by atoms with Crippen molar-refractivity contribution in [3.8, 4) is 23.0 Å². The molecule has 0 saturated carbocycles. The van der Waals surface area contributed by atoms with E-state index in [9.17, 15) is 0 Å². The summed E-state index contributed by atoms with van der Waals surface area (Å²) in [5, 5.41) is 0. The molecule has 0 bridgehead atoms. The number of anilines is 1. The topological polar surface area (TPSA) is 40.2 Å². The number of ether oxygens (including phenoxy) is 4. The maximum atomic E-state index is 5.30. The summed E-state index contributed by atoms with van der Waals surface area (Å²) in [6.07, 6.45) is 5.27. The van der Waals surface area contributed by atoms with E-state index in [1.54, 1.807) is 16.8 Å². The quantitative estimate of drug-likeness (QED) is 0.152. The molecule has 7 heteroatoms. The first kappa shape index (κ1) is 44.2. The SMILES string of the molecule is CC.CC.CC.CC.c1cc2c3c(c1)CCCN3CCC2.c1ccc2c(c1)OCCO2.c1ccc2c(c1)OCO2.c1ccc2c(c1)Sc1ccccc1S2. The summed E-state index contributed by atoms with van der Waals surface area (Å²) >= 11 is 3.72. The van der Waals surface area contributed by atoms with E-state index in [1.807, 2.05) is 127 Å². The van der Waals surface area contributed by atoms with Gasteiger partial charge in [0, 0.05) is 38.4 Å². The van der Waals surface area contributed by atoms with E-state index in [1.165, 1.54) is 58.4 Å². The summed E-state index contributed by atoms with van der Waals surface area (Å²) in [4.78, 5) is 8.07. The van der Waals surface area contributed by atoms with Crippen LogP contribution in [-0.2, 0) is 12.8 Å². The van der Waals surface area contributed by atoms with E-state index in [0.29, 0.717) is 20.0 Å². The van der Waals surface area contributed by atoms with Crippen LogP contribution in [0.3, 0.4) is 0 Å². The van der Waals surface area contributed by atoms with Crippen LogP contribution in [0.5, 0.6) is 23.0 Å². The van der Waals surface area contributed by atoms with Gasteiger partial charge in [0.2, 0.25) is 6.79 Å². The number of rotatable bonds is 0. The number of fused-ring (bicyclic) bond motifs is 4. The zero-order valence-corrected chi connectivity index (χ0v) is 35.4. The summed E-state index contributed by atoms with van der Waals surface area (Å²) < 4.78 is 20.7. The molecular weight excluding hydrogens is 707 g/mol. The molecule has 290 valence electrons. The van der Waals surface area contributed by atoms with Gasteiger partial charge < -0.3 is 23.8 Å². The van der Waals surface area contributed by atoms with Crippen molar-refractivity contribution in [2.45, 2.75) is 101 Å². The Kier molecular flexibility index (Phi) is 21.1. The van der Waals surface area contributed by atoms with Crippen molar-refractivity contribution in [2.24, 2.45) is 0 Å². The molecule has 0 fully saturated rings. The van der Waals surface area contributed by atoms with Crippen LogP contribution in [0.15, 0.2) is 135 Å². The number of aryl methyl sites for hydroxylation is 2. The van der Waals surface area contributed by atoms with Crippen molar-refractivity contribution < 1.29 is 18.9 Å². The van der Waals surface area contributed by atoms with Crippen molar-refractivity contribution in [3.63, 3.8) is 0 Å². The van der Waals surface area contributed by atoms with Crippen LogP contribution in [0, 0.1) is 0 Å². The third-order valence-electron chi connectivity index (χ3n) is 8.13. The summed E-state index contributed by atoms with van der Waals surface area (Å²) in [5.41, 5.74) is 4.76. The molecule has 10 rings (SSSR count). The highest BCUT2D eigenvalue weighted by Gasteiger charge is 2.22. The minimum Gasteiger partial charge on any atom is -0.486 e. The molecule has 0 amide bonds. The van der Waals surface area contributed by atoms with Crippen molar-refractivity contribution in [3.05, 3.63) is 126 Å². The molecule has 0 spiro atoms. The Bertz CT molecular complexity index is 1620. The molecule has 0 unspecified atom stereocenters. The molecule has 5 aliphatic rings. The predicted octanol–water partition coefficient (Wildman–Crippen LogP) is 13.7. The van der Waals surface area contributed by atoms with Crippen LogP contribution in [0.4, 0.5) is 5.69 Å². The highest BCUT2D eigenvalue weighted by atomic mass is 32.2. The molecule has 5 aliphatic heterocycles. The van der Waals surface area contributed by atoms with Gasteiger partial charge in [0.15, 0.2) is 23.0 Å². The third kappa shape index (κ3) is 12.7. The average molecular weight is 768 g/mol. The van der Waals surface area contributed by atoms with Gasteiger partial charge in [0.05, 0.1) is 0 Å². The van der Waals surface area contributed by atoms with Crippen molar-refractivity contribution >= 4 is 29.2 Å². The van der Waals surface area contributed by atoms with Gasteiger partial charge in [0.1, 0.15) is 13.2 Å². The first-order chi connectivity index (χ1) is 26.8. The summed E-state index contributed by atoms with van der Waals surface area (Å²) in [7, 11) is 0. The Morgan fingerprint density at radius 3 is 1.11 bits per heavy atom. The second kappa shape index (κ2) is 25.8. The minimum atomic E-state index is 0.360. The zero-order chi connectivity index (χ0) is 39.0. The molecule has 5 heterocycles. The van der Waals surface area contributed by atoms with Crippen LogP contribution in [0.1, 0.15) is 79.4 Å². The highest BCUT2D eigenvalue weighted by Crippen LogP contribution is 2.47. The Hall–Kier alpha value is -4.20. The van der Waals surface area contributed by atoms with E-state index >= 15 is 0 Å². The predicted molar refractivity (Wildman–Crippen MR) is 232 cm³/mol. The van der Waals surface area contributed by atoms with Crippen LogP contribution < -0.4 is 23.8 Å². The largest absolute Gasteiger partial charge is 0.486 e. The zero-order valence-electron chi connectivity index (χ0n) is 33.7. The van der Waals surface area contributed by atoms with Gasteiger partial charge in [-0.2, -0.15) is 0 Å². The second-order valence-electron chi connectivity index (χ2n) is 11.2. The van der Waals surface area contributed by atoms with Gasteiger partial charge in [-0.15, -0.1) is 0 Å². The lowest BCUT2D eigenvalue weighted by Crippen LogP contribution is -2.34. The van der Waals surface area contributed by atoms with Crippen molar-refractivity contribution in [1.29, 1.82) is 0 Å². The normalized spacial score (nSPS) is 13.7. The lowest BCUT2D eigenvalue weighted by atomic mass is 9.92. The molecular formula is C47H61NO4S2. The number of hydrogen-bond donors (Lipinski definition) is 0. The third-order valence-corrected chi connectivity index (χ3v) is 10.7. The molecule has 0 N–H and O–H groups in total. The van der Waals surface area contributed by atoms with E-state index in [2.05, 4.69) is 71.6 Å². The van der Waals surface area contributed by atoms with Crippen LogP contribution >= 0.6 is 23.5 Å². The summed E-state index contributed by atoms with van der Waals surface area (Å²) in [6, 6.07) is 39.3. The van der Waals surface area contributed by atoms with Crippen molar-refractivity contribution in [1.82, 2.24) is 0 Å². The standard InChI is InChI=1S/C12H15N.C12H8S2.C8H8O2.C7H6O2.4C2H6/c1-4-10-6-2-8-13-9-3-7-11(5-1)12(10)13;1-2-6-10-9(5-1)13-11-7-3-4-8-12(11)14-10;1-2-4-8-7(3-1)9-5-6-10-8;1-2-4-7-6(3-1)8-5-9-7;4*1-2/h1,4-5H,2-3,6-9H2;1-8H;1-4H,5-6H2;1-4H,5H2;4*1-2H3. The lowest BCUT2D eigenvalue weighted by molar-refractivity contribution is 0.171. The maximum Gasteiger partial charge on any atom is 0.231 e. The maximum absolute atomic E-state index is 5.30. The molecule has 0 aliphatic carbocycles. The van der Waals surface area contributed by atoms with Gasteiger partial charge in [-0.1, -0.05) is 146 Å². The fraction of sp³-hybridized carbons (Fsp3) is 0.362. The van der Waals surface area contributed by atoms with Crippen LogP contribution in [0.25, 0.3) is 0 Å². The first-order valence-corrected chi connectivity index (χ1v) is 21.5. The van der Waals surface area contributed by atoms with E-state index in [0.717, 1.165) is 23.0 Å². The monoisotopic (exact) mass is 767 g/mol. The molecule has 5 aromatic carbocycles. The summed E-state index contributed by atoms with van der Waals surface area (Å²) in [6.45, 7) is 20.3. The smallest absolute Gasteiger partial charge is 0.231 e. The Morgan fingerprint density at radius 2 is 0.741 bits per heavy atom. The highest BCUT2D eigenvalue weighted by molar-refractivity contribution is 8.05. The van der Waals surface area contributed by atoms with Gasteiger partial charge in [-0.25, -0.2) is 0 Å². The van der Waals surface area contributed by atoms with Gasteiger partial charge in [-0.05, 0) is 85.3 Å². The Balaban J connectivity index is 0.000000184. The number of nitrogens with zero attached hydrogens (tertiary/aromatic N) is 1. The average Bonchev–Trinajstić information content (AvgIpc) is 3.76. The van der Waals surface area contributed by atoms with E-state index in [-0.39, 0.29) is 0 Å². The van der Waals surface area contributed by atoms with Gasteiger partial charge in [-0.3, -0.25) is 0 Å². The number of para-hydroxylation sites is 5. The fourth-order valence-corrected chi connectivity index (χ4v) is 8.26. The van der Waals surface area contributed by atoms with Crippen LogP contribution in [-0.4, -0.2) is 33.1 Å². The van der Waals surface area contributed by atoms with E-state index in [4.69, 9.17) is 18.9 Å². The van der Waals surface area contributed by atoms with Crippen molar-refractivity contribution in [2.75, 3.05) is 38.0 Å². The second-order valence-corrected chi connectivity index (χ2v) is 13.4. The minimum absolute atomic E-state index is 0.360. The molecule has 0 aromatic heterocycles. The fourth-order valence-electron chi connectivity index (χ4n) is 6.02. The number of benzene rings is 5. The van der Waals surface area contributed by atoms with Gasteiger partial charge in [0.25, 0.3) is 0 Å². The summed E-state index contributed by atoms with van der Waals surface area (Å²) in [5.74, 6) is 3.40. The van der Waals surface area contributed by atoms with Crippen LogP contribution in [0.2, 0.25) is 0 Å². The molecule has 54 heavy (non-hydrogen) atoms. The molecule has 0 atom stereocenters. The Labute approximate surface area is 334 Å². The molecule has 5 aromatic rings. The van der Waals surface area contributed by atoms with E-state index < -0.39 is 0 Å².